The number of aromatic nitrogens is 1. The number of hydrogen-bond acceptors (Lipinski definition) is 3. The first-order valence-electron chi connectivity index (χ1n) is 12.4. The third-order valence-electron chi connectivity index (χ3n) is 8.50. The lowest BCUT2D eigenvalue weighted by Crippen LogP contribution is -2.57. The van der Waals surface area contributed by atoms with Crippen molar-refractivity contribution >= 4 is 5.91 Å². The molecule has 1 amide bonds. The van der Waals surface area contributed by atoms with E-state index < -0.39 is 28.9 Å². The zero-order chi connectivity index (χ0) is 25.9. The minimum Gasteiger partial charge on any atom is -0.385 e. The molecule has 196 valence electrons. The molecule has 0 unspecified atom stereocenters. The van der Waals surface area contributed by atoms with E-state index in [9.17, 15) is 31.9 Å². The maximum Gasteiger partial charge on any atom is 0.459 e. The summed E-state index contributed by atoms with van der Waals surface area (Å²) in [5, 5.41) is 10.8. The SMILES string of the molecule is CN1CCn2c(ccc2C(F)(F)C(F)(F)F)C12CCN(C(=O)c1ccc(C3(O)CCCC3)cc1)CC2. The molecule has 5 nitrogen and oxygen atoms in total. The summed E-state index contributed by atoms with van der Waals surface area (Å²) in [5.74, 6) is -5.09. The molecule has 10 heteroatoms. The monoisotopic (exact) mass is 511 g/mol. The summed E-state index contributed by atoms with van der Waals surface area (Å²) in [6.45, 7) is 1.08. The van der Waals surface area contributed by atoms with E-state index in [4.69, 9.17) is 0 Å². The highest BCUT2D eigenvalue weighted by atomic mass is 19.4. The average Bonchev–Trinajstić information content (AvgIpc) is 3.49. The number of benzene rings is 1. The van der Waals surface area contributed by atoms with E-state index in [0.717, 1.165) is 29.0 Å². The Balaban J connectivity index is 1.34. The maximum absolute atomic E-state index is 14.2. The Bertz CT molecular complexity index is 1130. The van der Waals surface area contributed by atoms with Gasteiger partial charge in [-0.25, -0.2) is 0 Å². The largest absolute Gasteiger partial charge is 0.459 e. The van der Waals surface area contributed by atoms with Gasteiger partial charge in [-0.3, -0.25) is 9.69 Å². The van der Waals surface area contributed by atoms with E-state index in [0.29, 0.717) is 56.6 Å². The molecular weight excluding hydrogens is 481 g/mol. The van der Waals surface area contributed by atoms with Crippen LogP contribution in [0.25, 0.3) is 0 Å². The molecule has 1 aromatic heterocycles. The van der Waals surface area contributed by atoms with Crippen LogP contribution in [0.3, 0.4) is 0 Å². The molecule has 2 aromatic rings. The zero-order valence-electron chi connectivity index (χ0n) is 20.1. The fraction of sp³-hybridized carbons (Fsp3) is 0.577. The van der Waals surface area contributed by atoms with Gasteiger partial charge < -0.3 is 14.6 Å². The van der Waals surface area contributed by atoms with Crippen molar-refractivity contribution in [3.8, 4) is 0 Å². The average molecular weight is 512 g/mol. The predicted molar refractivity (Wildman–Crippen MR) is 123 cm³/mol. The van der Waals surface area contributed by atoms with Gasteiger partial charge in [-0.2, -0.15) is 22.0 Å². The summed E-state index contributed by atoms with van der Waals surface area (Å²) >= 11 is 0. The zero-order valence-corrected chi connectivity index (χ0v) is 20.1. The molecule has 0 atom stereocenters. The van der Waals surface area contributed by atoms with Gasteiger partial charge in [0.2, 0.25) is 0 Å². The fourth-order valence-electron chi connectivity index (χ4n) is 6.27. The number of nitrogens with zero attached hydrogens (tertiary/aromatic N) is 3. The van der Waals surface area contributed by atoms with E-state index in [1.807, 2.05) is 11.9 Å². The number of aliphatic hydroxyl groups is 1. The fourth-order valence-corrected chi connectivity index (χ4v) is 6.27. The lowest BCUT2D eigenvalue weighted by molar-refractivity contribution is -0.292. The van der Waals surface area contributed by atoms with Crippen LogP contribution in [0, 0.1) is 0 Å². The Morgan fingerprint density at radius 2 is 1.47 bits per heavy atom. The van der Waals surface area contributed by atoms with E-state index in [1.54, 1.807) is 29.2 Å². The summed E-state index contributed by atoms with van der Waals surface area (Å²) in [6, 6.07) is 9.32. The molecule has 36 heavy (non-hydrogen) atoms. The highest BCUT2D eigenvalue weighted by Crippen LogP contribution is 2.48. The number of likely N-dealkylation sites (tertiary alicyclic amines) is 1. The van der Waals surface area contributed by atoms with Gasteiger partial charge in [0.25, 0.3) is 5.91 Å². The van der Waals surface area contributed by atoms with Crippen molar-refractivity contribution < 1.29 is 31.9 Å². The lowest BCUT2D eigenvalue weighted by Gasteiger charge is -2.50. The Kier molecular flexibility index (Phi) is 5.98. The van der Waals surface area contributed by atoms with Gasteiger partial charge in [-0.15, -0.1) is 0 Å². The van der Waals surface area contributed by atoms with E-state index >= 15 is 0 Å². The molecule has 5 rings (SSSR count). The number of amides is 1. The van der Waals surface area contributed by atoms with Crippen LogP contribution in [-0.4, -0.2) is 58.2 Å². The quantitative estimate of drug-likeness (QED) is 0.592. The first kappa shape index (κ1) is 25.2. The normalized spacial score (nSPS) is 22.1. The number of alkyl halides is 5. The van der Waals surface area contributed by atoms with E-state index in [1.165, 1.54) is 6.07 Å². The van der Waals surface area contributed by atoms with Crippen LogP contribution in [0.1, 0.15) is 65.8 Å². The van der Waals surface area contributed by atoms with Gasteiger partial charge in [-0.1, -0.05) is 25.0 Å². The van der Waals surface area contributed by atoms with Crippen molar-refractivity contribution in [2.75, 3.05) is 26.7 Å². The summed E-state index contributed by atoms with van der Waals surface area (Å²) in [5.41, 5.74) is -0.822. The number of carbonyl (C=O) groups excluding carboxylic acids is 1. The third kappa shape index (κ3) is 3.84. The Labute approximate surface area is 206 Å². The van der Waals surface area contributed by atoms with Crippen molar-refractivity contribution in [2.24, 2.45) is 0 Å². The molecule has 1 saturated heterocycles. The molecule has 2 aliphatic heterocycles. The van der Waals surface area contributed by atoms with Crippen LogP contribution in [-0.2, 0) is 23.6 Å². The number of likely N-dealkylation sites (N-methyl/N-ethyl adjacent to an activating group) is 1. The minimum absolute atomic E-state index is 0.0446. The lowest BCUT2D eigenvalue weighted by atomic mass is 9.81. The smallest absolute Gasteiger partial charge is 0.385 e. The van der Waals surface area contributed by atoms with Gasteiger partial charge in [0.05, 0.1) is 16.8 Å². The number of halogens is 5. The summed E-state index contributed by atoms with van der Waals surface area (Å²) < 4.78 is 68.8. The maximum atomic E-state index is 14.2. The third-order valence-corrected chi connectivity index (χ3v) is 8.50. The van der Waals surface area contributed by atoms with Gasteiger partial charge in [0.1, 0.15) is 0 Å². The highest BCUT2D eigenvalue weighted by molar-refractivity contribution is 5.94. The van der Waals surface area contributed by atoms with Gasteiger partial charge >= 0.3 is 12.1 Å². The van der Waals surface area contributed by atoms with Crippen LogP contribution in [0.5, 0.6) is 0 Å². The minimum atomic E-state index is -5.67. The second kappa shape index (κ2) is 8.55. The summed E-state index contributed by atoms with van der Waals surface area (Å²) in [4.78, 5) is 16.9. The summed E-state index contributed by atoms with van der Waals surface area (Å²) in [6.07, 6.45) is -1.46. The second-order valence-corrected chi connectivity index (χ2v) is 10.4. The van der Waals surface area contributed by atoms with Crippen LogP contribution < -0.4 is 0 Å². The number of fused-ring (bicyclic) bond motifs is 2. The highest BCUT2D eigenvalue weighted by Gasteiger charge is 2.61. The Morgan fingerprint density at radius 1 is 0.861 bits per heavy atom. The topological polar surface area (TPSA) is 48.7 Å². The van der Waals surface area contributed by atoms with Crippen LogP contribution in [0.15, 0.2) is 36.4 Å². The van der Waals surface area contributed by atoms with E-state index in [2.05, 4.69) is 0 Å². The predicted octanol–water partition coefficient (Wildman–Crippen LogP) is 4.98. The van der Waals surface area contributed by atoms with Gasteiger partial charge in [0.15, 0.2) is 0 Å². The molecule has 1 aliphatic carbocycles. The van der Waals surface area contributed by atoms with Crippen molar-refractivity contribution in [3.63, 3.8) is 0 Å². The molecular formula is C26H30F5N3O2. The Morgan fingerprint density at radius 3 is 2.06 bits per heavy atom. The standard InChI is InChI=1S/C26H30F5N3O2/c1-32-16-17-34-20(8-9-21(34)25(27,28)26(29,30)31)23(32)12-14-33(15-13-23)22(35)18-4-6-19(7-5-18)24(36)10-2-3-11-24/h4-9,36H,2-3,10-17H2,1H3. The molecule has 1 N–H and O–H groups in total. The first-order valence-corrected chi connectivity index (χ1v) is 12.4. The Hall–Kier alpha value is -2.46. The van der Waals surface area contributed by atoms with Gasteiger partial charge in [-0.05, 0) is 62.6 Å². The molecule has 1 saturated carbocycles. The molecule has 0 radical (unpaired) electrons. The van der Waals surface area contributed by atoms with Crippen molar-refractivity contribution in [2.45, 2.75) is 68.3 Å². The molecule has 3 aliphatic rings. The molecule has 0 bridgehead atoms. The second-order valence-electron chi connectivity index (χ2n) is 10.4. The van der Waals surface area contributed by atoms with Crippen LogP contribution in [0.2, 0.25) is 0 Å². The van der Waals surface area contributed by atoms with Gasteiger partial charge in [0, 0.05) is 37.4 Å². The molecule has 1 spiro atoms. The number of piperidine rings is 1. The summed E-state index contributed by atoms with van der Waals surface area (Å²) in [7, 11) is 1.85. The number of carbonyl (C=O) groups is 1. The van der Waals surface area contributed by atoms with Crippen molar-refractivity contribution in [1.29, 1.82) is 0 Å². The molecule has 3 heterocycles. The number of hydrogen-bond donors (Lipinski definition) is 1. The molecule has 1 aromatic carbocycles. The molecule has 2 fully saturated rings. The van der Waals surface area contributed by atoms with Crippen molar-refractivity contribution in [3.05, 3.63) is 58.9 Å². The van der Waals surface area contributed by atoms with Crippen LogP contribution >= 0.6 is 0 Å². The first-order chi connectivity index (χ1) is 16.9. The van der Waals surface area contributed by atoms with E-state index in [-0.39, 0.29) is 12.5 Å². The van der Waals surface area contributed by atoms with Crippen molar-refractivity contribution in [1.82, 2.24) is 14.4 Å². The van der Waals surface area contributed by atoms with Crippen LogP contribution in [0.4, 0.5) is 22.0 Å². The number of rotatable bonds is 3.